The maximum atomic E-state index is 12.6. The van der Waals surface area contributed by atoms with Gasteiger partial charge in [0, 0.05) is 25.0 Å². The maximum Gasteiger partial charge on any atom is 0.123 e. The average molecular weight is 220 g/mol. The minimum atomic E-state index is -0.220. The fourth-order valence-electron chi connectivity index (χ4n) is 1.18. The Morgan fingerprint density at radius 2 is 1.88 bits per heavy atom. The van der Waals surface area contributed by atoms with Crippen molar-refractivity contribution in [3.05, 3.63) is 41.9 Å². The summed E-state index contributed by atoms with van der Waals surface area (Å²) in [6.07, 6.45) is 9.92. The van der Waals surface area contributed by atoms with Gasteiger partial charge in [-0.2, -0.15) is 0 Å². The van der Waals surface area contributed by atoms with E-state index in [4.69, 9.17) is 5.73 Å². The van der Waals surface area contributed by atoms with E-state index in [-0.39, 0.29) is 5.82 Å². The van der Waals surface area contributed by atoms with Gasteiger partial charge in [0.05, 0.1) is 0 Å². The van der Waals surface area contributed by atoms with E-state index in [0.29, 0.717) is 6.54 Å². The molecule has 2 nitrogen and oxygen atoms in total. The lowest BCUT2D eigenvalue weighted by Gasteiger charge is -2.19. The highest BCUT2D eigenvalue weighted by Crippen LogP contribution is 2.16. The highest BCUT2D eigenvalue weighted by atomic mass is 19.1. The topological polar surface area (TPSA) is 29.3 Å². The van der Waals surface area contributed by atoms with E-state index in [2.05, 4.69) is 12.8 Å². The fraction of sp³-hybridized carbons (Fsp3) is 0.231. The minimum absolute atomic E-state index is 0.220. The van der Waals surface area contributed by atoms with Crippen molar-refractivity contribution in [1.82, 2.24) is 0 Å². The van der Waals surface area contributed by atoms with Gasteiger partial charge in [-0.25, -0.2) is 4.39 Å². The monoisotopic (exact) mass is 220 g/mol. The average Bonchev–Trinajstić information content (AvgIpc) is 2.32. The maximum absolute atomic E-state index is 12.6. The molecule has 0 bridgehead atoms. The summed E-state index contributed by atoms with van der Waals surface area (Å²) in [6.45, 7) is 2.48. The van der Waals surface area contributed by atoms with Gasteiger partial charge in [0.1, 0.15) is 5.82 Å². The van der Waals surface area contributed by atoms with Crippen molar-refractivity contribution in [2.24, 2.45) is 5.73 Å². The number of hydrogen-bond donors (Lipinski definition) is 1. The molecule has 0 aromatic heterocycles. The molecule has 0 atom stereocenters. The zero-order valence-corrected chi connectivity index (χ0v) is 9.65. The molecule has 2 N–H and O–H groups in total. The largest absolute Gasteiger partial charge is 0.349 e. The first-order chi connectivity index (χ1) is 7.65. The molecule has 0 saturated heterocycles. The lowest BCUT2D eigenvalue weighted by atomic mass is 10.2. The molecule has 0 radical (unpaired) electrons. The number of benzene rings is 1. The van der Waals surface area contributed by atoms with Crippen LogP contribution in [-0.4, -0.2) is 13.6 Å². The highest BCUT2D eigenvalue weighted by molar-refractivity contribution is 5.50. The third-order valence-corrected chi connectivity index (χ3v) is 2.16. The number of allylic oxidation sites excluding steroid dienone is 1. The molecule has 0 spiro atoms. The van der Waals surface area contributed by atoms with Crippen molar-refractivity contribution < 1.29 is 4.39 Å². The first kappa shape index (κ1) is 14.2. The summed E-state index contributed by atoms with van der Waals surface area (Å²) in [4.78, 5) is 1.96. The first-order valence-corrected chi connectivity index (χ1v) is 4.84. The van der Waals surface area contributed by atoms with Gasteiger partial charge in [-0.1, -0.05) is 6.08 Å². The number of terminal acetylenes is 1. The van der Waals surface area contributed by atoms with E-state index >= 15 is 0 Å². The predicted molar refractivity (Wildman–Crippen MR) is 67.5 cm³/mol. The summed E-state index contributed by atoms with van der Waals surface area (Å²) in [7, 11) is 1.93. The van der Waals surface area contributed by atoms with Crippen LogP contribution in [0.25, 0.3) is 0 Å². The van der Waals surface area contributed by atoms with E-state index in [9.17, 15) is 4.39 Å². The molecule has 0 aliphatic rings. The van der Waals surface area contributed by atoms with E-state index in [1.54, 1.807) is 12.1 Å². The Morgan fingerprint density at radius 3 is 2.31 bits per heavy atom. The Labute approximate surface area is 96.6 Å². The number of halogens is 1. The van der Waals surface area contributed by atoms with Crippen molar-refractivity contribution in [3.63, 3.8) is 0 Å². The van der Waals surface area contributed by atoms with Crippen LogP contribution in [-0.2, 0) is 0 Å². The minimum Gasteiger partial charge on any atom is -0.349 e. The molecule has 16 heavy (non-hydrogen) atoms. The molecule has 0 amide bonds. The predicted octanol–water partition coefficient (Wildman–Crippen LogP) is 2.37. The van der Waals surface area contributed by atoms with Crippen molar-refractivity contribution in [2.75, 3.05) is 18.5 Å². The zero-order chi connectivity index (χ0) is 12.6. The fourth-order valence-corrected chi connectivity index (χ4v) is 1.18. The Bertz CT molecular complexity index is 352. The van der Waals surface area contributed by atoms with Crippen LogP contribution in [0.2, 0.25) is 0 Å². The highest BCUT2D eigenvalue weighted by Gasteiger charge is 2.01. The molecular weight excluding hydrogens is 203 g/mol. The van der Waals surface area contributed by atoms with Crippen LogP contribution in [0.3, 0.4) is 0 Å². The Kier molecular flexibility index (Phi) is 6.66. The van der Waals surface area contributed by atoms with E-state index < -0.39 is 0 Å². The summed E-state index contributed by atoms with van der Waals surface area (Å²) >= 11 is 0. The third-order valence-electron chi connectivity index (χ3n) is 2.16. The number of rotatable bonds is 3. The van der Waals surface area contributed by atoms with Crippen LogP contribution in [0, 0.1) is 18.7 Å². The number of anilines is 1. The molecule has 0 saturated carbocycles. The molecule has 0 aliphatic heterocycles. The summed E-state index contributed by atoms with van der Waals surface area (Å²) < 4.78 is 12.6. The van der Waals surface area contributed by atoms with Crippen LogP contribution in [0.4, 0.5) is 10.1 Å². The van der Waals surface area contributed by atoms with Gasteiger partial charge in [0.15, 0.2) is 0 Å². The SMILES string of the molecule is C#C.C/C(=C/CN)N(C)c1ccc(F)cc1. The van der Waals surface area contributed by atoms with Crippen LogP contribution in [0.1, 0.15) is 6.92 Å². The van der Waals surface area contributed by atoms with Gasteiger partial charge >= 0.3 is 0 Å². The molecule has 0 unspecified atom stereocenters. The van der Waals surface area contributed by atoms with Crippen molar-refractivity contribution in [3.8, 4) is 12.8 Å². The molecule has 3 heteroatoms. The molecule has 0 heterocycles. The Hall–Kier alpha value is -1.79. The molecular formula is C13H17FN2. The lowest BCUT2D eigenvalue weighted by Crippen LogP contribution is -2.15. The van der Waals surface area contributed by atoms with Gasteiger partial charge in [0.2, 0.25) is 0 Å². The van der Waals surface area contributed by atoms with Gasteiger partial charge in [-0.15, -0.1) is 12.8 Å². The van der Waals surface area contributed by atoms with Crippen LogP contribution >= 0.6 is 0 Å². The molecule has 1 aromatic rings. The third kappa shape index (κ3) is 4.16. The van der Waals surface area contributed by atoms with E-state index in [1.165, 1.54) is 12.1 Å². The summed E-state index contributed by atoms with van der Waals surface area (Å²) in [5.41, 5.74) is 7.41. The second-order valence-electron chi connectivity index (χ2n) is 3.12. The van der Waals surface area contributed by atoms with Gasteiger partial charge in [-0.3, -0.25) is 0 Å². The zero-order valence-electron chi connectivity index (χ0n) is 9.65. The molecule has 86 valence electrons. The van der Waals surface area contributed by atoms with Crippen LogP contribution < -0.4 is 10.6 Å². The second kappa shape index (κ2) is 7.49. The molecule has 1 aromatic carbocycles. The van der Waals surface area contributed by atoms with Crippen molar-refractivity contribution in [1.29, 1.82) is 0 Å². The standard InChI is InChI=1S/C11H15FN2.C2H2/c1-9(7-8-13)14(2)11-5-3-10(12)4-6-11;1-2/h3-7H,8,13H2,1-2H3;1-2H/b9-7-;. The summed E-state index contributed by atoms with van der Waals surface area (Å²) in [6, 6.07) is 6.37. The molecule has 0 fully saturated rings. The summed E-state index contributed by atoms with van der Waals surface area (Å²) in [5.74, 6) is -0.220. The normalized spacial score (nSPS) is 10.2. The van der Waals surface area contributed by atoms with Gasteiger partial charge < -0.3 is 10.6 Å². The van der Waals surface area contributed by atoms with Gasteiger partial charge in [0.25, 0.3) is 0 Å². The van der Waals surface area contributed by atoms with E-state index in [0.717, 1.165) is 11.4 Å². The quantitative estimate of drug-likeness (QED) is 0.792. The van der Waals surface area contributed by atoms with Gasteiger partial charge in [-0.05, 0) is 31.2 Å². The number of nitrogens with zero attached hydrogens (tertiary/aromatic N) is 1. The lowest BCUT2D eigenvalue weighted by molar-refractivity contribution is 0.628. The van der Waals surface area contributed by atoms with Crippen molar-refractivity contribution in [2.45, 2.75) is 6.92 Å². The van der Waals surface area contributed by atoms with E-state index in [1.807, 2.05) is 24.9 Å². The van der Waals surface area contributed by atoms with Crippen LogP contribution in [0.15, 0.2) is 36.0 Å². The smallest absolute Gasteiger partial charge is 0.123 e. The Balaban J connectivity index is 0.00000106. The first-order valence-electron chi connectivity index (χ1n) is 4.84. The number of hydrogen-bond acceptors (Lipinski definition) is 2. The Morgan fingerprint density at radius 1 is 1.38 bits per heavy atom. The summed E-state index contributed by atoms with van der Waals surface area (Å²) in [5, 5.41) is 0. The second-order valence-corrected chi connectivity index (χ2v) is 3.12. The van der Waals surface area contributed by atoms with Crippen LogP contribution in [0.5, 0.6) is 0 Å². The molecule has 1 rings (SSSR count). The van der Waals surface area contributed by atoms with Crippen molar-refractivity contribution >= 4 is 5.69 Å². The molecule has 0 aliphatic carbocycles. The number of nitrogens with two attached hydrogens (primary N) is 1.